The zero-order chi connectivity index (χ0) is 12.4. The second-order valence-corrected chi connectivity index (χ2v) is 5.70. The highest BCUT2D eigenvalue weighted by molar-refractivity contribution is 5.55. The van der Waals surface area contributed by atoms with E-state index in [4.69, 9.17) is 5.73 Å². The monoisotopic (exact) mass is 232 g/mol. The fourth-order valence-electron chi connectivity index (χ4n) is 3.02. The molecule has 1 aromatic carbocycles. The minimum Gasteiger partial charge on any atom is -0.371 e. The molecule has 2 nitrogen and oxygen atoms in total. The van der Waals surface area contributed by atoms with E-state index in [1.54, 1.807) is 0 Å². The second-order valence-electron chi connectivity index (χ2n) is 5.70. The van der Waals surface area contributed by atoms with Crippen LogP contribution in [0, 0.1) is 11.8 Å². The molecule has 3 atom stereocenters. The van der Waals surface area contributed by atoms with Crippen LogP contribution in [0.25, 0.3) is 0 Å². The number of nitrogens with zero attached hydrogens (tertiary/aromatic N) is 1. The SMILES string of the molecule is CC1CC(C)CN(c2ccccc2C(C)N)C1. The van der Waals surface area contributed by atoms with Gasteiger partial charge in [-0.05, 0) is 36.8 Å². The van der Waals surface area contributed by atoms with Crippen LogP contribution in [0.5, 0.6) is 0 Å². The Kier molecular flexibility index (Phi) is 3.72. The van der Waals surface area contributed by atoms with E-state index >= 15 is 0 Å². The highest BCUT2D eigenvalue weighted by Gasteiger charge is 2.23. The summed E-state index contributed by atoms with van der Waals surface area (Å²) in [7, 11) is 0. The van der Waals surface area contributed by atoms with Crippen molar-refractivity contribution in [3.8, 4) is 0 Å². The Balaban J connectivity index is 2.27. The van der Waals surface area contributed by atoms with Crippen LogP contribution in [0.2, 0.25) is 0 Å². The van der Waals surface area contributed by atoms with Gasteiger partial charge in [-0.1, -0.05) is 32.0 Å². The van der Waals surface area contributed by atoms with Crippen molar-refractivity contribution in [1.82, 2.24) is 0 Å². The van der Waals surface area contributed by atoms with Crippen LogP contribution in [0.3, 0.4) is 0 Å². The molecular formula is C15H24N2. The summed E-state index contributed by atoms with van der Waals surface area (Å²) in [5.41, 5.74) is 8.67. The number of rotatable bonds is 2. The Morgan fingerprint density at radius 2 is 1.76 bits per heavy atom. The lowest BCUT2D eigenvalue weighted by Crippen LogP contribution is -2.39. The maximum atomic E-state index is 6.06. The van der Waals surface area contributed by atoms with Gasteiger partial charge < -0.3 is 10.6 Å². The summed E-state index contributed by atoms with van der Waals surface area (Å²) >= 11 is 0. The molecule has 94 valence electrons. The zero-order valence-electron chi connectivity index (χ0n) is 11.2. The minimum absolute atomic E-state index is 0.110. The molecule has 1 saturated heterocycles. The van der Waals surface area contributed by atoms with Gasteiger partial charge in [0, 0.05) is 24.8 Å². The van der Waals surface area contributed by atoms with Gasteiger partial charge >= 0.3 is 0 Å². The molecule has 1 aromatic rings. The van der Waals surface area contributed by atoms with Crippen molar-refractivity contribution in [3.63, 3.8) is 0 Å². The summed E-state index contributed by atoms with van der Waals surface area (Å²) < 4.78 is 0. The number of anilines is 1. The smallest absolute Gasteiger partial charge is 0.0414 e. The first-order chi connectivity index (χ1) is 8.08. The van der Waals surface area contributed by atoms with Gasteiger partial charge in [-0.3, -0.25) is 0 Å². The number of para-hydroxylation sites is 1. The van der Waals surface area contributed by atoms with Crippen molar-refractivity contribution in [3.05, 3.63) is 29.8 Å². The topological polar surface area (TPSA) is 29.3 Å². The second kappa shape index (κ2) is 5.09. The number of nitrogens with two attached hydrogens (primary N) is 1. The summed E-state index contributed by atoms with van der Waals surface area (Å²) in [5.74, 6) is 1.56. The predicted octanol–water partition coefficient (Wildman–Crippen LogP) is 3.19. The molecule has 0 aliphatic carbocycles. The molecule has 0 amide bonds. The Morgan fingerprint density at radius 1 is 1.18 bits per heavy atom. The van der Waals surface area contributed by atoms with E-state index in [1.165, 1.54) is 17.7 Å². The molecule has 2 rings (SSSR count). The Bertz CT molecular complexity index is 363. The molecule has 17 heavy (non-hydrogen) atoms. The average Bonchev–Trinajstić information content (AvgIpc) is 2.27. The first kappa shape index (κ1) is 12.4. The maximum absolute atomic E-state index is 6.06. The summed E-state index contributed by atoms with van der Waals surface area (Å²) in [6.45, 7) is 9.08. The lowest BCUT2D eigenvalue weighted by Gasteiger charge is -2.38. The molecule has 1 heterocycles. The molecule has 0 saturated carbocycles. The molecule has 3 unspecified atom stereocenters. The first-order valence-electron chi connectivity index (χ1n) is 6.67. The van der Waals surface area contributed by atoms with Crippen LogP contribution in [0.1, 0.15) is 38.8 Å². The third-order valence-electron chi connectivity index (χ3n) is 3.64. The fraction of sp³-hybridized carbons (Fsp3) is 0.600. The van der Waals surface area contributed by atoms with Gasteiger partial charge in [0.2, 0.25) is 0 Å². The van der Waals surface area contributed by atoms with E-state index in [2.05, 4.69) is 49.9 Å². The van der Waals surface area contributed by atoms with E-state index in [-0.39, 0.29) is 6.04 Å². The number of hydrogen-bond donors (Lipinski definition) is 1. The van der Waals surface area contributed by atoms with Crippen LogP contribution in [0.4, 0.5) is 5.69 Å². The van der Waals surface area contributed by atoms with Crippen LogP contribution in [-0.2, 0) is 0 Å². The number of hydrogen-bond acceptors (Lipinski definition) is 2. The van der Waals surface area contributed by atoms with Crippen LogP contribution in [-0.4, -0.2) is 13.1 Å². The van der Waals surface area contributed by atoms with E-state index in [0.29, 0.717) is 0 Å². The van der Waals surface area contributed by atoms with E-state index in [0.717, 1.165) is 24.9 Å². The molecule has 0 aromatic heterocycles. The highest BCUT2D eigenvalue weighted by atomic mass is 15.1. The van der Waals surface area contributed by atoms with Gasteiger partial charge in [0.25, 0.3) is 0 Å². The van der Waals surface area contributed by atoms with Crippen LogP contribution < -0.4 is 10.6 Å². The Labute approximate surface area is 105 Å². The summed E-state index contributed by atoms with van der Waals surface area (Å²) in [5, 5.41) is 0. The standard InChI is InChI=1S/C15H24N2/c1-11-8-12(2)10-17(9-11)15-7-5-4-6-14(15)13(3)16/h4-7,11-13H,8-10,16H2,1-3H3. The largest absolute Gasteiger partial charge is 0.371 e. The third-order valence-corrected chi connectivity index (χ3v) is 3.64. The summed E-state index contributed by atoms with van der Waals surface area (Å²) in [6, 6.07) is 8.68. The van der Waals surface area contributed by atoms with Crippen molar-refractivity contribution in [2.24, 2.45) is 17.6 Å². The molecule has 0 spiro atoms. The Morgan fingerprint density at radius 3 is 2.35 bits per heavy atom. The molecule has 2 heteroatoms. The lowest BCUT2D eigenvalue weighted by atomic mass is 9.91. The maximum Gasteiger partial charge on any atom is 0.0414 e. The van der Waals surface area contributed by atoms with Gasteiger partial charge in [-0.2, -0.15) is 0 Å². The molecule has 1 aliphatic rings. The van der Waals surface area contributed by atoms with E-state index in [9.17, 15) is 0 Å². The van der Waals surface area contributed by atoms with Gasteiger partial charge in [0.15, 0.2) is 0 Å². The van der Waals surface area contributed by atoms with Crippen molar-refractivity contribution in [2.75, 3.05) is 18.0 Å². The van der Waals surface area contributed by atoms with Crippen molar-refractivity contribution in [2.45, 2.75) is 33.2 Å². The first-order valence-corrected chi connectivity index (χ1v) is 6.67. The van der Waals surface area contributed by atoms with E-state index in [1.807, 2.05) is 0 Å². The van der Waals surface area contributed by atoms with Crippen molar-refractivity contribution < 1.29 is 0 Å². The Hall–Kier alpha value is -1.02. The molecule has 1 aliphatic heterocycles. The van der Waals surface area contributed by atoms with Gasteiger partial charge in [0.05, 0.1) is 0 Å². The average molecular weight is 232 g/mol. The molecular weight excluding hydrogens is 208 g/mol. The zero-order valence-corrected chi connectivity index (χ0v) is 11.2. The van der Waals surface area contributed by atoms with Crippen LogP contribution >= 0.6 is 0 Å². The molecule has 2 N–H and O–H groups in total. The third kappa shape index (κ3) is 2.81. The normalized spacial score (nSPS) is 26.9. The summed E-state index contributed by atoms with van der Waals surface area (Å²) in [4.78, 5) is 2.51. The summed E-state index contributed by atoms with van der Waals surface area (Å²) in [6.07, 6.45) is 1.34. The van der Waals surface area contributed by atoms with Gasteiger partial charge in [-0.15, -0.1) is 0 Å². The van der Waals surface area contributed by atoms with Crippen LogP contribution in [0.15, 0.2) is 24.3 Å². The fourth-order valence-corrected chi connectivity index (χ4v) is 3.02. The van der Waals surface area contributed by atoms with Crippen molar-refractivity contribution >= 4 is 5.69 Å². The van der Waals surface area contributed by atoms with E-state index < -0.39 is 0 Å². The van der Waals surface area contributed by atoms with Gasteiger partial charge in [-0.25, -0.2) is 0 Å². The van der Waals surface area contributed by atoms with Gasteiger partial charge in [0.1, 0.15) is 0 Å². The molecule has 1 fully saturated rings. The predicted molar refractivity (Wildman–Crippen MR) is 74.2 cm³/mol. The lowest BCUT2D eigenvalue weighted by molar-refractivity contribution is 0.356. The number of benzene rings is 1. The van der Waals surface area contributed by atoms with Crippen molar-refractivity contribution in [1.29, 1.82) is 0 Å². The highest BCUT2D eigenvalue weighted by Crippen LogP contribution is 2.30. The minimum atomic E-state index is 0.110. The molecule has 0 bridgehead atoms. The number of piperidine rings is 1. The molecule has 0 radical (unpaired) electrons. The quantitative estimate of drug-likeness (QED) is 0.848.